The van der Waals surface area contributed by atoms with Gasteiger partial charge in [0.2, 0.25) is 0 Å². The van der Waals surface area contributed by atoms with Crippen LogP contribution >= 0.6 is 0 Å². The van der Waals surface area contributed by atoms with Crippen molar-refractivity contribution in [1.82, 2.24) is 4.90 Å². The van der Waals surface area contributed by atoms with Gasteiger partial charge in [-0.1, -0.05) is 12.1 Å². The molecule has 1 aliphatic heterocycles. The number of hydrogen-bond acceptors (Lipinski definition) is 5. The van der Waals surface area contributed by atoms with Gasteiger partial charge in [-0.15, -0.1) is 0 Å². The summed E-state index contributed by atoms with van der Waals surface area (Å²) in [6.45, 7) is 5.00. The molecule has 0 atom stereocenters. The van der Waals surface area contributed by atoms with Crippen molar-refractivity contribution >= 4 is 0 Å². The van der Waals surface area contributed by atoms with Crippen molar-refractivity contribution in [3.63, 3.8) is 0 Å². The number of methoxy groups -OCH3 is 1. The van der Waals surface area contributed by atoms with Crippen LogP contribution in [0.1, 0.15) is 12.8 Å². The van der Waals surface area contributed by atoms with Gasteiger partial charge in [0, 0.05) is 26.2 Å². The summed E-state index contributed by atoms with van der Waals surface area (Å²) in [5.41, 5.74) is 5.46. The lowest BCUT2D eigenvalue weighted by Gasteiger charge is -2.31. The fourth-order valence-electron chi connectivity index (χ4n) is 2.56. The Kier molecular flexibility index (Phi) is 6.79. The van der Waals surface area contributed by atoms with E-state index in [1.807, 2.05) is 24.3 Å². The van der Waals surface area contributed by atoms with Crippen LogP contribution in [0.15, 0.2) is 24.3 Å². The van der Waals surface area contributed by atoms with Gasteiger partial charge in [0.15, 0.2) is 11.5 Å². The SMILES string of the molecule is COc1ccccc1OCCN1CCC(OCCN)CC1. The molecular weight excluding hydrogens is 268 g/mol. The summed E-state index contributed by atoms with van der Waals surface area (Å²) in [6, 6.07) is 7.75. The van der Waals surface area contributed by atoms with Gasteiger partial charge >= 0.3 is 0 Å². The van der Waals surface area contributed by atoms with Crippen molar-refractivity contribution in [2.75, 3.05) is 46.5 Å². The van der Waals surface area contributed by atoms with E-state index in [9.17, 15) is 0 Å². The van der Waals surface area contributed by atoms with Crippen molar-refractivity contribution in [3.8, 4) is 11.5 Å². The monoisotopic (exact) mass is 294 g/mol. The average Bonchev–Trinajstić information content (AvgIpc) is 2.54. The minimum Gasteiger partial charge on any atom is -0.493 e. The Labute approximate surface area is 127 Å². The minimum absolute atomic E-state index is 0.375. The van der Waals surface area contributed by atoms with Crippen LogP contribution in [-0.2, 0) is 4.74 Å². The molecule has 0 aromatic heterocycles. The molecule has 0 aliphatic carbocycles. The summed E-state index contributed by atoms with van der Waals surface area (Å²) < 4.78 is 16.8. The lowest BCUT2D eigenvalue weighted by Crippen LogP contribution is -2.39. The molecular formula is C16H26N2O3. The number of likely N-dealkylation sites (tertiary alicyclic amines) is 1. The third-order valence-electron chi connectivity index (χ3n) is 3.74. The number of rotatable bonds is 8. The second-order valence-corrected chi connectivity index (χ2v) is 5.20. The molecule has 2 N–H and O–H groups in total. The van der Waals surface area contributed by atoms with Crippen molar-refractivity contribution < 1.29 is 14.2 Å². The van der Waals surface area contributed by atoms with E-state index in [1.165, 1.54) is 0 Å². The van der Waals surface area contributed by atoms with Crippen LogP contribution in [0.25, 0.3) is 0 Å². The fraction of sp³-hybridized carbons (Fsp3) is 0.625. The highest BCUT2D eigenvalue weighted by Crippen LogP contribution is 2.25. The number of nitrogens with zero attached hydrogens (tertiary/aromatic N) is 1. The zero-order chi connectivity index (χ0) is 14.9. The summed E-state index contributed by atoms with van der Waals surface area (Å²) in [5, 5.41) is 0. The second kappa shape index (κ2) is 8.87. The van der Waals surface area contributed by atoms with E-state index >= 15 is 0 Å². The minimum atomic E-state index is 0.375. The molecule has 5 heteroatoms. The van der Waals surface area contributed by atoms with Gasteiger partial charge in [-0.2, -0.15) is 0 Å². The van der Waals surface area contributed by atoms with Gasteiger partial charge in [0.25, 0.3) is 0 Å². The predicted octanol–water partition coefficient (Wildman–Crippen LogP) is 1.51. The summed E-state index contributed by atoms with van der Waals surface area (Å²) in [5.74, 6) is 1.59. The van der Waals surface area contributed by atoms with Crippen molar-refractivity contribution in [2.24, 2.45) is 5.73 Å². The Balaban J connectivity index is 1.66. The zero-order valence-electron chi connectivity index (χ0n) is 12.8. The van der Waals surface area contributed by atoms with Crippen molar-refractivity contribution in [3.05, 3.63) is 24.3 Å². The normalized spacial score (nSPS) is 16.9. The van der Waals surface area contributed by atoms with E-state index in [-0.39, 0.29) is 0 Å². The Morgan fingerprint density at radius 2 is 1.86 bits per heavy atom. The smallest absolute Gasteiger partial charge is 0.161 e. The summed E-state index contributed by atoms with van der Waals surface area (Å²) in [6.07, 6.45) is 2.53. The van der Waals surface area contributed by atoms with Gasteiger partial charge < -0.3 is 19.9 Å². The summed E-state index contributed by atoms with van der Waals surface area (Å²) in [4.78, 5) is 2.41. The first-order chi connectivity index (χ1) is 10.3. The van der Waals surface area contributed by atoms with Crippen LogP contribution < -0.4 is 15.2 Å². The highest BCUT2D eigenvalue weighted by atomic mass is 16.5. The number of piperidine rings is 1. The summed E-state index contributed by atoms with van der Waals surface area (Å²) >= 11 is 0. The molecule has 0 unspecified atom stereocenters. The maximum Gasteiger partial charge on any atom is 0.161 e. The third-order valence-corrected chi connectivity index (χ3v) is 3.74. The predicted molar refractivity (Wildman–Crippen MR) is 83.0 cm³/mol. The van der Waals surface area contributed by atoms with Gasteiger partial charge in [0.1, 0.15) is 6.61 Å². The summed E-state index contributed by atoms with van der Waals surface area (Å²) in [7, 11) is 1.66. The van der Waals surface area contributed by atoms with Gasteiger partial charge in [-0.05, 0) is 25.0 Å². The van der Waals surface area contributed by atoms with Crippen LogP contribution in [0.3, 0.4) is 0 Å². The standard InChI is InChI=1S/C16H26N2O3/c1-19-15-4-2-3-5-16(15)21-13-11-18-9-6-14(7-10-18)20-12-8-17/h2-5,14H,6-13,17H2,1H3. The molecule has 0 bridgehead atoms. The molecule has 0 spiro atoms. The quantitative estimate of drug-likeness (QED) is 0.787. The molecule has 1 aromatic rings. The molecule has 2 rings (SSSR count). The molecule has 118 valence electrons. The Morgan fingerprint density at radius 1 is 1.14 bits per heavy atom. The maximum absolute atomic E-state index is 5.81. The Hall–Kier alpha value is -1.30. The van der Waals surface area contributed by atoms with E-state index < -0.39 is 0 Å². The lowest BCUT2D eigenvalue weighted by molar-refractivity contribution is 0.00919. The molecule has 1 aromatic carbocycles. The molecule has 1 fully saturated rings. The van der Waals surface area contributed by atoms with Crippen LogP contribution in [0.2, 0.25) is 0 Å². The van der Waals surface area contributed by atoms with E-state index in [1.54, 1.807) is 7.11 Å². The first-order valence-electron chi connectivity index (χ1n) is 7.63. The van der Waals surface area contributed by atoms with Crippen molar-refractivity contribution in [1.29, 1.82) is 0 Å². The van der Waals surface area contributed by atoms with Crippen LogP contribution in [0.4, 0.5) is 0 Å². The molecule has 0 amide bonds. The zero-order valence-corrected chi connectivity index (χ0v) is 12.8. The van der Waals surface area contributed by atoms with Crippen LogP contribution in [0.5, 0.6) is 11.5 Å². The molecule has 5 nitrogen and oxygen atoms in total. The Morgan fingerprint density at radius 3 is 2.52 bits per heavy atom. The maximum atomic E-state index is 5.81. The average molecular weight is 294 g/mol. The number of para-hydroxylation sites is 2. The molecule has 1 heterocycles. The highest BCUT2D eigenvalue weighted by molar-refractivity contribution is 5.39. The van der Waals surface area contributed by atoms with Crippen LogP contribution in [-0.4, -0.2) is 57.5 Å². The van der Waals surface area contributed by atoms with Gasteiger partial charge in [0.05, 0.1) is 19.8 Å². The van der Waals surface area contributed by atoms with E-state index in [0.717, 1.165) is 44.0 Å². The van der Waals surface area contributed by atoms with Crippen molar-refractivity contribution in [2.45, 2.75) is 18.9 Å². The number of nitrogens with two attached hydrogens (primary N) is 1. The molecule has 21 heavy (non-hydrogen) atoms. The van der Waals surface area contributed by atoms with Gasteiger partial charge in [-0.3, -0.25) is 4.90 Å². The highest BCUT2D eigenvalue weighted by Gasteiger charge is 2.19. The van der Waals surface area contributed by atoms with E-state index in [4.69, 9.17) is 19.9 Å². The number of benzene rings is 1. The van der Waals surface area contributed by atoms with Gasteiger partial charge in [-0.25, -0.2) is 0 Å². The molecule has 1 aliphatic rings. The number of ether oxygens (including phenoxy) is 3. The largest absolute Gasteiger partial charge is 0.493 e. The van der Waals surface area contributed by atoms with E-state index in [2.05, 4.69) is 4.90 Å². The third kappa shape index (κ3) is 5.19. The molecule has 0 saturated carbocycles. The van der Waals surface area contributed by atoms with Crippen LogP contribution in [0, 0.1) is 0 Å². The fourth-order valence-corrected chi connectivity index (χ4v) is 2.56. The second-order valence-electron chi connectivity index (χ2n) is 5.20. The molecule has 1 saturated heterocycles. The first kappa shape index (κ1) is 16.1. The lowest BCUT2D eigenvalue weighted by atomic mass is 10.1. The first-order valence-corrected chi connectivity index (χ1v) is 7.63. The topological polar surface area (TPSA) is 57.0 Å². The van der Waals surface area contributed by atoms with E-state index in [0.29, 0.717) is 25.9 Å². The Bertz CT molecular complexity index is 406. The molecule has 0 radical (unpaired) electrons. The number of hydrogen-bond donors (Lipinski definition) is 1.